The van der Waals surface area contributed by atoms with Gasteiger partial charge in [0.2, 0.25) is 5.91 Å². The van der Waals surface area contributed by atoms with Crippen LogP contribution in [0.15, 0.2) is 54.6 Å². The number of aryl methyl sites for hydroxylation is 1. The van der Waals surface area contributed by atoms with Crippen LogP contribution in [-0.4, -0.2) is 75.0 Å². The topological polar surface area (TPSA) is 167 Å². The number of hydrogen-bond donors (Lipinski definition) is 4. The van der Waals surface area contributed by atoms with Gasteiger partial charge in [-0.15, -0.1) is 0 Å². The van der Waals surface area contributed by atoms with Crippen molar-refractivity contribution in [1.29, 1.82) is 0 Å². The molecule has 2 heterocycles. The summed E-state index contributed by atoms with van der Waals surface area (Å²) < 4.78 is 43.1. The number of pyridine rings is 1. The van der Waals surface area contributed by atoms with Crippen molar-refractivity contribution in [3.05, 3.63) is 71.4 Å². The second-order valence-electron chi connectivity index (χ2n) is 11.1. The molecular weight excluding hydrogens is 601 g/mol. The van der Waals surface area contributed by atoms with E-state index in [1.165, 1.54) is 4.90 Å². The van der Waals surface area contributed by atoms with Gasteiger partial charge in [-0.25, -0.2) is 15.1 Å². The molecule has 1 fully saturated rings. The molecule has 3 aromatic rings. The molecule has 0 aliphatic carbocycles. The van der Waals surface area contributed by atoms with Crippen molar-refractivity contribution in [2.45, 2.75) is 52.1 Å². The highest BCUT2D eigenvalue weighted by Gasteiger charge is 2.42. The van der Waals surface area contributed by atoms with Crippen molar-refractivity contribution in [2.24, 2.45) is 5.92 Å². The number of nitrogens with one attached hydrogen (secondary N) is 2. The Hall–Kier alpha value is -4.92. The van der Waals surface area contributed by atoms with Crippen LogP contribution in [0.1, 0.15) is 42.4 Å². The molecular formula is C30H33F3N4O8. The number of aliphatic carboxylic acids is 1. The first-order valence-electron chi connectivity index (χ1n) is 13.6. The van der Waals surface area contributed by atoms with Crippen molar-refractivity contribution in [2.75, 3.05) is 13.1 Å². The summed E-state index contributed by atoms with van der Waals surface area (Å²) in [5, 5.41) is 20.1. The van der Waals surface area contributed by atoms with Gasteiger partial charge in [-0.3, -0.25) is 19.8 Å². The molecule has 1 aliphatic rings. The number of ether oxygens (including phenoxy) is 2. The van der Waals surface area contributed by atoms with Crippen LogP contribution in [0, 0.1) is 12.8 Å². The van der Waals surface area contributed by atoms with E-state index in [4.69, 9.17) is 24.6 Å². The number of carboxylic acid groups (broad SMARTS) is 1. The van der Waals surface area contributed by atoms with Crippen LogP contribution in [0.4, 0.5) is 18.0 Å². The van der Waals surface area contributed by atoms with Crippen LogP contribution >= 0.6 is 0 Å². The number of fused-ring (bicyclic) bond motifs is 1. The molecule has 12 nitrogen and oxygen atoms in total. The van der Waals surface area contributed by atoms with E-state index in [0.29, 0.717) is 17.9 Å². The Kier molecular flexibility index (Phi) is 10.9. The Labute approximate surface area is 256 Å². The molecule has 3 amide bonds. The van der Waals surface area contributed by atoms with E-state index in [1.54, 1.807) is 50.5 Å². The number of halogens is 3. The van der Waals surface area contributed by atoms with Crippen molar-refractivity contribution in [3.63, 3.8) is 0 Å². The lowest BCUT2D eigenvalue weighted by Gasteiger charge is -2.24. The Morgan fingerprint density at radius 2 is 1.64 bits per heavy atom. The number of carboxylic acids is 1. The summed E-state index contributed by atoms with van der Waals surface area (Å²) in [6, 6.07) is 15.8. The highest BCUT2D eigenvalue weighted by Crippen LogP contribution is 2.23. The average Bonchev–Trinajstić information content (AvgIpc) is 3.38. The van der Waals surface area contributed by atoms with Crippen LogP contribution in [0.2, 0.25) is 0 Å². The fraction of sp³-hybridized carbons (Fsp3) is 0.367. The Bertz CT molecular complexity index is 1540. The first-order chi connectivity index (χ1) is 21.0. The third-order valence-electron chi connectivity index (χ3n) is 6.42. The largest absolute Gasteiger partial charge is 0.490 e. The van der Waals surface area contributed by atoms with Crippen LogP contribution < -0.4 is 15.5 Å². The molecule has 4 rings (SSSR count). The smallest absolute Gasteiger partial charge is 0.489 e. The fourth-order valence-corrected chi connectivity index (χ4v) is 4.40. The van der Waals surface area contributed by atoms with E-state index in [9.17, 15) is 27.6 Å². The summed E-state index contributed by atoms with van der Waals surface area (Å²) >= 11 is 0. The van der Waals surface area contributed by atoms with Gasteiger partial charge in [-0.1, -0.05) is 18.2 Å². The summed E-state index contributed by atoms with van der Waals surface area (Å²) in [4.78, 5) is 52.4. The molecule has 1 aliphatic heterocycles. The van der Waals surface area contributed by atoms with Gasteiger partial charge in [0.15, 0.2) is 0 Å². The quantitative estimate of drug-likeness (QED) is 0.229. The van der Waals surface area contributed by atoms with Crippen LogP contribution in [0.25, 0.3) is 10.9 Å². The van der Waals surface area contributed by atoms with Gasteiger partial charge in [0.25, 0.3) is 5.91 Å². The predicted molar refractivity (Wildman–Crippen MR) is 153 cm³/mol. The number of hydroxylamine groups is 1. The lowest BCUT2D eigenvalue weighted by Crippen LogP contribution is -2.45. The minimum absolute atomic E-state index is 0.00218. The zero-order valence-corrected chi connectivity index (χ0v) is 24.8. The first-order valence-corrected chi connectivity index (χ1v) is 13.6. The molecule has 0 unspecified atom stereocenters. The van der Waals surface area contributed by atoms with Gasteiger partial charge in [0.05, 0.1) is 17.5 Å². The van der Waals surface area contributed by atoms with E-state index >= 15 is 0 Å². The van der Waals surface area contributed by atoms with E-state index in [2.05, 4.69) is 10.3 Å². The summed E-state index contributed by atoms with van der Waals surface area (Å²) in [7, 11) is 0. The molecule has 4 N–H and O–H groups in total. The van der Waals surface area contributed by atoms with Gasteiger partial charge in [-0.05, 0) is 64.1 Å². The molecule has 2 aromatic carbocycles. The van der Waals surface area contributed by atoms with Crippen LogP contribution in [0.3, 0.4) is 0 Å². The van der Waals surface area contributed by atoms with Gasteiger partial charge in [0, 0.05) is 35.3 Å². The van der Waals surface area contributed by atoms with Crippen molar-refractivity contribution in [1.82, 2.24) is 20.7 Å². The summed E-state index contributed by atoms with van der Waals surface area (Å²) in [5.41, 5.74) is 4.09. The Morgan fingerprint density at radius 3 is 2.22 bits per heavy atom. The zero-order chi connectivity index (χ0) is 33.5. The molecule has 1 aromatic heterocycles. The normalized spacial score (nSPS) is 16.3. The molecule has 242 valence electrons. The number of alkyl halides is 3. The number of likely N-dealkylation sites (tertiary alicyclic amines) is 1. The number of aromatic nitrogens is 1. The molecule has 0 saturated carbocycles. The van der Waals surface area contributed by atoms with Crippen LogP contribution in [0.5, 0.6) is 5.75 Å². The van der Waals surface area contributed by atoms with E-state index < -0.39 is 47.6 Å². The molecule has 1 saturated heterocycles. The third kappa shape index (κ3) is 9.79. The van der Waals surface area contributed by atoms with E-state index in [0.717, 1.165) is 22.2 Å². The van der Waals surface area contributed by atoms with Gasteiger partial charge >= 0.3 is 18.2 Å². The van der Waals surface area contributed by atoms with E-state index in [-0.39, 0.29) is 13.1 Å². The predicted octanol–water partition coefficient (Wildman–Crippen LogP) is 4.23. The number of carbonyl (C=O) groups is 4. The number of para-hydroxylation sites is 1. The summed E-state index contributed by atoms with van der Waals surface area (Å²) in [6.07, 6.45) is -5.68. The van der Waals surface area contributed by atoms with Gasteiger partial charge in [0.1, 0.15) is 18.0 Å². The standard InChI is InChI=1S/C28H32N4O6.C2HF3O2/c1-17-13-19(21-7-5-6-8-23(21)29-17)16-37-20-11-9-18(10-12-20)25(33)30-24-15-32(14-22(24)26(34)31-36)27(35)38-28(2,3)4;3-2(4,5)1(6)7/h5-13,22,24,36H,14-16H2,1-4H3,(H,30,33)(H,31,34);(H,6,7)/t22-,24+;/m1./s1. The molecule has 0 spiro atoms. The maximum absolute atomic E-state index is 12.9. The summed E-state index contributed by atoms with van der Waals surface area (Å²) in [5.74, 6) is -4.11. The van der Waals surface area contributed by atoms with Gasteiger partial charge < -0.3 is 24.8 Å². The minimum Gasteiger partial charge on any atom is -0.489 e. The monoisotopic (exact) mass is 634 g/mol. The summed E-state index contributed by atoms with van der Waals surface area (Å²) in [6.45, 7) is 7.58. The number of benzene rings is 2. The lowest BCUT2D eigenvalue weighted by molar-refractivity contribution is -0.192. The second-order valence-corrected chi connectivity index (χ2v) is 11.1. The zero-order valence-electron chi connectivity index (χ0n) is 24.8. The SMILES string of the molecule is Cc1cc(COc2ccc(C(=O)N[C@H]3CN(C(=O)OC(C)(C)C)C[C@H]3C(=O)NO)cc2)c2ccccc2n1.O=C(O)C(F)(F)F. The molecule has 2 atom stereocenters. The highest BCUT2D eigenvalue weighted by atomic mass is 19.4. The molecule has 45 heavy (non-hydrogen) atoms. The second kappa shape index (κ2) is 14.2. The average molecular weight is 635 g/mol. The Morgan fingerprint density at radius 1 is 1.02 bits per heavy atom. The van der Waals surface area contributed by atoms with Crippen molar-refractivity contribution < 1.29 is 52.1 Å². The van der Waals surface area contributed by atoms with Crippen LogP contribution in [-0.2, 0) is 20.9 Å². The number of rotatable bonds is 6. The molecule has 15 heteroatoms. The Balaban J connectivity index is 0.000000707. The first kappa shape index (κ1) is 34.6. The highest BCUT2D eigenvalue weighted by molar-refractivity contribution is 5.95. The number of nitrogens with zero attached hydrogens (tertiary/aromatic N) is 2. The van der Waals surface area contributed by atoms with Crippen molar-refractivity contribution in [3.8, 4) is 5.75 Å². The third-order valence-corrected chi connectivity index (χ3v) is 6.42. The van der Waals surface area contributed by atoms with Crippen molar-refractivity contribution >= 4 is 34.8 Å². The number of carbonyl (C=O) groups excluding carboxylic acids is 3. The van der Waals surface area contributed by atoms with E-state index in [1.807, 2.05) is 37.3 Å². The fourth-order valence-electron chi connectivity index (χ4n) is 4.40. The minimum atomic E-state index is -5.08. The van der Waals surface area contributed by atoms with Gasteiger partial charge in [-0.2, -0.15) is 13.2 Å². The maximum Gasteiger partial charge on any atom is 0.490 e. The number of amides is 3. The molecule has 0 bridgehead atoms. The maximum atomic E-state index is 12.9. The lowest BCUT2D eigenvalue weighted by atomic mass is 10.0. The number of hydrogen-bond acceptors (Lipinski definition) is 8. The molecule has 0 radical (unpaired) electrons.